The Morgan fingerprint density at radius 2 is 1.94 bits per heavy atom. The third-order valence-corrected chi connectivity index (χ3v) is 3.68. The number of nitrogens with two attached hydrogens (primary N) is 1. The second kappa shape index (κ2) is 4.26. The lowest BCUT2D eigenvalue weighted by molar-refractivity contribution is 0.584. The van der Waals surface area contributed by atoms with E-state index in [1.54, 1.807) is 22.3 Å². The van der Waals surface area contributed by atoms with Crippen LogP contribution >= 0.6 is 11.5 Å². The molecule has 84 valence electrons. The number of hydrazine groups is 1. The fourth-order valence-electron chi connectivity index (χ4n) is 1.16. The number of rotatable bonds is 3. The molecule has 16 heavy (non-hydrogen) atoms. The van der Waals surface area contributed by atoms with E-state index < -0.39 is 10.0 Å². The molecule has 0 radical (unpaired) electrons. The molecule has 1 heterocycles. The molecule has 0 unspecified atom stereocenters. The standard InChI is InChI=1S/C8H8N4O2S2/c9-11-16(13,14)7-3-1-6(2-4-7)8-5-15-12-10-8/h1-5,11H,9H2. The van der Waals surface area contributed by atoms with E-state index >= 15 is 0 Å². The average molecular weight is 256 g/mol. The summed E-state index contributed by atoms with van der Waals surface area (Å²) >= 11 is 1.24. The van der Waals surface area contributed by atoms with Crippen LogP contribution in [-0.2, 0) is 10.0 Å². The Hall–Kier alpha value is -1.35. The first-order chi connectivity index (χ1) is 7.63. The van der Waals surface area contributed by atoms with Crippen molar-refractivity contribution in [2.24, 2.45) is 5.84 Å². The Balaban J connectivity index is 2.38. The van der Waals surface area contributed by atoms with Gasteiger partial charge in [0.25, 0.3) is 10.0 Å². The monoisotopic (exact) mass is 256 g/mol. The van der Waals surface area contributed by atoms with Gasteiger partial charge in [0.2, 0.25) is 0 Å². The molecule has 0 aliphatic heterocycles. The summed E-state index contributed by atoms with van der Waals surface area (Å²) in [5, 5.41) is 5.66. The topological polar surface area (TPSA) is 98.0 Å². The lowest BCUT2D eigenvalue weighted by Crippen LogP contribution is -2.30. The fraction of sp³-hybridized carbons (Fsp3) is 0. The van der Waals surface area contributed by atoms with Gasteiger partial charge in [0, 0.05) is 10.9 Å². The molecule has 0 bridgehead atoms. The number of nitrogens with one attached hydrogen (secondary N) is 1. The number of nitrogens with zero attached hydrogens (tertiary/aromatic N) is 2. The molecule has 0 amide bonds. The van der Waals surface area contributed by atoms with Gasteiger partial charge in [-0.15, -0.1) is 5.10 Å². The van der Waals surface area contributed by atoms with Crippen LogP contribution in [0.25, 0.3) is 11.3 Å². The van der Waals surface area contributed by atoms with E-state index in [1.165, 1.54) is 23.7 Å². The van der Waals surface area contributed by atoms with E-state index in [0.29, 0.717) is 0 Å². The minimum absolute atomic E-state index is 0.113. The van der Waals surface area contributed by atoms with E-state index in [0.717, 1.165) is 11.3 Å². The van der Waals surface area contributed by atoms with Crippen molar-refractivity contribution in [3.63, 3.8) is 0 Å². The van der Waals surface area contributed by atoms with Gasteiger partial charge in [0.1, 0.15) is 5.69 Å². The van der Waals surface area contributed by atoms with Crippen LogP contribution in [0.2, 0.25) is 0 Å². The second-order valence-corrected chi connectivity index (χ2v) is 5.26. The molecule has 2 rings (SSSR count). The molecule has 8 heteroatoms. The Labute approximate surface area is 96.3 Å². The number of hydrogen-bond donors (Lipinski definition) is 2. The quantitative estimate of drug-likeness (QED) is 0.610. The zero-order chi connectivity index (χ0) is 11.6. The summed E-state index contributed by atoms with van der Waals surface area (Å²) in [6, 6.07) is 6.23. The summed E-state index contributed by atoms with van der Waals surface area (Å²) in [5.74, 6) is 4.91. The smallest absolute Gasteiger partial charge is 0.253 e. The van der Waals surface area contributed by atoms with Crippen molar-refractivity contribution in [2.75, 3.05) is 0 Å². The van der Waals surface area contributed by atoms with E-state index in [1.807, 2.05) is 0 Å². The molecule has 0 fully saturated rings. The second-order valence-electron chi connectivity index (χ2n) is 2.94. The van der Waals surface area contributed by atoms with Gasteiger partial charge in [-0.3, -0.25) is 5.84 Å². The summed E-state index contributed by atoms with van der Waals surface area (Å²) in [5.41, 5.74) is 1.53. The van der Waals surface area contributed by atoms with Gasteiger partial charge in [-0.05, 0) is 23.7 Å². The normalized spacial score (nSPS) is 11.6. The van der Waals surface area contributed by atoms with Crippen molar-refractivity contribution in [3.8, 4) is 11.3 Å². The Kier molecular flexibility index (Phi) is 2.97. The van der Waals surface area contributed by atoms with Crippen LogP contribution in [0.3, 0.4) is 0 Å². The van der Waals surface area contributed by atoms with E-state index in [4.69, 9.17) is 5.84 Å². The summed E-state index contributed by atoms with van der Waals surface area (Å²) in [4.78, 5) is 1.87. The van der Waals surface area contributed by atoms with Gasteiger partial charge < -0.3 is 0 Å². The van der Waals surface area contributed by atoms with E-state index in [-0.39, 0.29) is 4.90 Å². The SMILES string of the molecule is NNS(=O)(=O)c1ccc(-c2csnn2)cc1. The number of aromatic nitrogens is 2. The molecule has 0 atom stereocenters. The lowest BCUT2D eigenvalue weighted by Gasteiger charge is -2.02. The molecule has 0 spiro atoms. The van der Waals surface area contributed by atoms with E-state index in [9.17, 15) is 8.42 Å². The highest BCUT2D eigenvalue weighted by molar-refractivity contribution is 7.89. The Morgan fingerprint density at radius 1 is 1.25 bits per heavy atom. The maximum absolute atomic E-state index is 11.3. The number of benzene rings is 1. The zero-order valence-electron chi connectivity index (χ0n) is 7.99. The first-order valence-electron chi connectivity index (χ1n) is 4.23. The average Bonchev–Trinajstić information content (AvgIpc) is 2.83. The van der Waals surface area contributed by atoms with Crippen LogP contribution in [-0.4, -0.2) is 18.0 Å². The van der Waals surface area contributed by atoms with Crippen molar-refractivity contribution in [2.45, 2.75) is 4.90 Å². The predicted octanol–water partition coefficient (Wildman–Crippen LogP) is 0.357. The molecule has 6 nitrogen and oxygen atoms in total. The maximum atomic E-state index is 11.3. The molecule has 2 aromatic rings. The summed E-state index contributed by atoms with van der Waals surface area (Å²) < 4.78 is 26.4. The minimum atomic E-state index is -3.59. The van der Waals surface area contributed by atoms with Crippen LogP contribution in [0, 0.1) is 0 Å². The van der Waals surface area contributed by atoms with Gasteiger partial charge in [-0.2, -0.15) is 4.83 Å². The zero-order valence-corrected chi connectivity index (χ0v) is 9.62. The summed E-state index contributed by atoms with van der Waals surface area (Å²) in [7, 11) is -3.59. The Bertz CT molecular complexity index is 563. The molecule has 0 saturated heterocycles. The predicted molar refractivity (Wildman–Crippen MR) is 59.9 cm³/mol. The highest BCUT2D eigenvalue weighted by Gasteiger charge is 2.11. The van der Waals surface area contributed by atoms with Crippen LogP contribution < -0.4 is 10.7 Å². The largest absolute Gasteiger partial charge is 0.257 e. The van der Waals surface area contributed by atoms with Crippen molar-refractivity contribution in [1.29, 1.82) is 0 Å². The summed E-state index contributed by atoms with van der Waals surface area (Å²) in [6.45, 7) is 0. The van der Waals surface area contributed by atoms with Gasteiger partial charge in [0.15, 0.2) is 0 Å². The molecule has 0 aliphatic carbocycles. The number of hydrogen-bond acceptors (Lipinski definition) is 6. The third kappa shape index (κ3) is 2.09. The van der Waals surface area contributed by atoms with E-state index in [2.05, 4.69) is 9.59 Å². The van der Waals surface area contributed by atoms with Gasteiger partial charge in [-0.1, -0.05) is 16.6 Å². The first kappa shape index (κ1) is 11.1. The van der Waals surface area contributed by atoms with Crippen LogP contribution in [0.5, 0.6) is 0 Å². The van der Waals surface area contributed by atoms with Gasteiger partial charge in [-0.25, -0.2) is 8.42 Å². The lowest BCUT2D eigenvalue weighted by atomic mass is 10.2. The highest BCUT2D eigenvalue weighted by Crippen LogP contribution is 2.19. The molecule has 0 saturated carbocycles. The van der Waals surface area contributed by atoms with Crippen LogP contribution in [0.1, 0.15) is 0 Å². The molecule has 1 aromatic carbocycles. The molecule has 0 aliphatic rings. The van der Waals surface area contributed by atoms with Crippen molar-refractivity contribution in [3.05, 3.63) is 29.6 Å². The fourth-order valence-corrected chi connectivity index (χ4v) is 2.26. The molecule has 1 aromatic heterocycles. The maximum Gasteiger partial charge on any atom is 0.253 e. The number of sulfonamides is 1. The highest BCUT2D eigenvalue weighted by atomic mass is 32.2. The molecular weight excluding hydrogens is 248 g/mol. The minimum Gasteiger partial charge on any atom is -0.257 e. The van der Waals surface area contributed by atoms with Crippen molar-refractivity contribution >= 4 is 21.6 Å². The van der Waals surface area contributed by atoms with Gasteiger partial charge in [0.05, 0.1) is 4.90 Å². The van der Waals surface area contributed by atoms with Gasteiger partial charge >= 0.3 is 0 Å². The van der Waals surface area contributed by atoms with Crippen LogP contribution in [0.4, 0.5) is 0 Å². The molecule has 3 N–H and O–H groups in total. The Morgan fingerprint density at radius 3 is 2.44 bits per heavy atom. The summed E-state index contributed by atoms with van der Waals surface area (Å²) in [6.07, 6.45) is 0. The molecular formula is C8H8N4O2S2. The van der Waals surface area contributed by atoms with Crippen LogP contribution in [0.15, 0.2) is 34.5 Å². The van der Waals surface area contributed by atoms with Crippen molar-refractivity contribution < 1.29 is 8.42 Å². The van der Waals surface area contributed by atoms with Crippen molar-refractivity contribution in [1.82, 2.24) is 14.4 Å². The first-order valence-corrected chi connectivity index (χ1v) is 6.55. The third-order valence-electron chi connectivity index (χ3n) is 1.98.